The fourth-order valence-corrected chi connectivity index (χ4v) is 3.05. The molecule has 1 unspecified atom stereocenters. The molecule has 1 atom stereocenters. The molecule has 0 amide bonds. The molecule has 1 aliphatic rings. The van der Waals surface area contributed by atoms with Crippen LogP contribution in [0.1, 0.15) is 45.1 Å². The van der Waals surface area contributed by atoms with E-state index in [-0.39, 0.29) is 11.6 Å². The molecule has 0 radical (unpaired) electrons. The van der Waals surface area contributed by atoms with Gasteiger partial charge < -0.3 is 5.73 Å². The van der Waals surface area contributed by atoms with Crippen LogP contribution in [0, 0.1) is 0 Å². The molecule has 1 saturated heterocycles. The molecule has 0 aromatic heterocycles. The third kappa shape index (κ3) is 3.80. The zero-order valence-electron chi connectivity index (χ0n) is 12.4. The van der Waals surface area contributed by atoms with E-state index in [0.717, 1.165) is 12.8 Å². The standard InChI is InChI=1S/C17H28N2/c1-17(2,19-13-6-7-14-19)16(18)12-8-11-15-9-4-3-5-10-15/h3-5,9-10,16H,6-8,11-14,18H2,1-2H3. The Bertz CT molecular complexity index is 366. The summed E-state index contributed by atoms with van der Waals surface area (Å²) in [5.41, 5.74) is 8.02. The zero-order chi connectivity index (χ0) is 13.7. The van der Waals surface area contributed by atoms with Gasteiger partial charge in [0.1, 0.15) is 0 Å². The van der Waals surface area contributed by atoms with Gasteiger partial charge in [-0.25, -0.2) is 0 Å². The van der Waals surface area contributed by atoms with Crippen LogP contribution in [0.4, 0.5) is 0 Å². The van der Waals surface area contributed by atoms with Gasteiger partial charge in [-0.2, -0.15) is 0 Å². The molecule has 1 aromatic rings. The normalized spacial score (nSPS) is 18.7. The Labute approximate surface area is 118 Å². The number of rotatable bonds is 6. The number of aryl methyl sites for hydroxylation is 1. The van der Waals surface area contributed by atoms with Gasteiger partial charge in [-0.15, -0.1) is 0 Å². The molecule has 2 N–H and O–H groups in total. The SMILES string of the molecule is CC(C)(C(N)CCCc1ccccc1)N1CCCC1. The summed E-state index contributed by atoms with van der Waals surface area (Å²) in [5, 5.41) is 0. The average Bonchev–Trinajstić information content (AvgIpc) is 2.94. The molecule has 1 fully saturated rings. The van der Waals surface area contributed by atoms with Gasteiger partial charge in [0, 0.05) is 11.6 Å². The molecular formula is C17H28N2. The van der Waals surface area contributed by atoms with Crippen LogP contribution in [0.2, 0.25) is 0 Å². The highest BCUT2D eigenvalue weighted by Gasteiger charge is 2.34. The van der Waals surface area contributed by atoms with Crippen molar-refractivity contribution in [3.05, 3.63) is 35.9 Å². The predicted octanol–water partition coefficient (Wildman–Crippen LogP) is 3.21. The second kappa shape index (κ2) is 6.53. The topological polar surface area (TPSA) is 29.3 Å². The van der Waals surface area contributed by atoms with Crippen LogP contribution in [-0.4, -0.2) is 29.6 Å². The van der Waals surface area contributed by atoms with E-state index in [2.05, 4.69) is 49.1 Å². The highest BCUT2D eigenvalue weighted by Crippen LogP contribution is 2.25. The maximum absolute atomic E-state index is 6.45. The van der Waals surface area contributed by atoms with Crippen LogP contribution in [0.25, 0.3) is 0 Å². The predicted molar refractivity (Wildman–Crippen MR) is 82.2 cm³/mol. The largest absolute Gasteiger partial charge is 0.326 e. The van der Waals surface area contributed by atoms with E-state index >= 15 is 0 Å². The number of benzene rings is 1. The summed E-state index contributed by atoms with van der Waals surface area (Å²) in [6.07, 6.45) is 6.10. The van der Waals surface area contributed by atoms with Gasteiger partial charge in [0.2, 0.25) is 0 Å². The first-order valence-electron chi connectivity index (χ1n) is 7.65. The zero-order valence-corrected chi connectivity index (χ0v) is 12.4. The van der Waals surface area contributed by atoms with Gasteiger partial charge >= 0.3 is 0 Å². The lowest BCUT2D eigenvalue weighted by Gasteiger charge is -2.40. The number of nitrogens with two attached hydrogens (primary N) is 1. The number of likely N-dealkylation sites (tertiary alicyclic amines) is 1. The third-order valence-corrected chi connectivity index (χ3v) is 4.65. The second-order valence-corrected chi connectivity index (χ2v) is 6.33. The summed E-state index contributed by atoms with van der Waals surface area (Å²) < 4.78 is 0. The van der Waals surface area contributed by atoms with E-state index in [1.807, 2.05) is 0 Å². The Kier molecular flexibility index (Phi) is 5.00. The Morgan fingerprint density at radius 3 is 2.42 bits per heavy atom. The fraction of sp³-hybridized carbons (Fsp3) is 0.647. The summed E-state index contributed by atoms with van der Waals surface area (Å²) in [6, 6.07) is 11.0. The molecule has 0 bridgehead atoms. The number of nitrogens with zero attached hydrogens (tertiary/aromatic N) is 1. The minimum Gasteiger partial charge on any atom is -0.326 e. The van der Waals surface area contributed by atoms with Gasteiger partial charge in [-0.1, -0.05) is 30.3 Å². The second-order valence-electron chi connectivity index (χ2n) is 6.33. The van der Waals surface area contributed by atoms with Crippen molar-refractivity contribution in [2.45, 2.75) is 57.5 Å². The van der Waals surface area contributed by atoms with Crippen molar-refractivity contribution < 1.29 is 0 Å². The van der Waals surface area contributed by atoms with Crippen LogP contribution in [0.3, 0.4) is 0 Å². The Hall–Kier alpha value is -0.860. The van der Waals surface area contributed by atoms with E-state index in [9.17, 15) is 0 Å². The molecule has 19 heavy (non-hydrogen) atoms. The van der Waals surface area contributed by atoms with Crippen LogP contribution >= 0.6 is 0 Å². The van der Waals surface area contributed by atoms with Crippen molar-refractivity contribution in [2.75, 3.05) is 13.1 Å². The monoisotopic (exact) mass is 260 g/mol. The number of hydrogen-bond donors (Lipinski definition) is 1. The fourth-order valence-electron chi connectivity index (χ4n) is 3.05. The summed E-state index contributed by atoms with van der Waals surface area (Å²) in [4.78, 5) is 2.57. The Morgan fingerprint density at radius 2 is 1.79 bits per heavy atom. The van der Waals surface area contributed by atoms with Crippen molar-refractivity contribution in [2.24, 2.45) is 5.73 Å². The van der Waals surface area contributed by atoms with Crippen LogP contribution < -0.4 is 5.73 Å². The molecular weight excluding hydrogens is 232 g/mol. The van der Waals surface area contributed by atoms with Crippen LogP contribution in [0.5, 0.6) is 0 Å². The van der Waals surface area contributed by atoms with E-state index in [1.165, 1.54) is 37.9 Å². The van der Waals surface area contributed by atoms with Crippen LogP contribution in [-0.2, 0) is 6.42 Å². The first-order valence-corrected chi connectivity index (χ1v) is 7.65. The molecule has 2 heteroatoms. The van der Waals surface area contributed by atoms with Crippen molar-refractivity contribution in [1.82, 2.24) is 4.90 Å². The molecule has 1 aliphatic heterocycles. The Morgan fingerprint density at radius 1 is 1.16 bits per heavy atom. The Balaban J connectivity index is 1.78. The molecule has 106 valence electrons. The minimum absolute atomic E-state index is 0.146. The van der Waals surface area contributed by atoms with Crippen molar-refractivity contribution in [3.8, 4) is 0 Å². The first-order chi connectivity index (χ1) is 9.10. The molecule has 1 heterocycles. The molecule has 1 aromatic carbocycles. The number of hydrogen-bond acceptors (Lipinski definition) is 2. The molecule has 0 aliphatic carbocycles. The quantitative estimate of drug-likeness (QED) is 0.851. The van der Waals surface area contributed by atoms with E-state index < -0.39 is 0 Å². The molecule has 2 rings (SSSR count). The van der Waals surface area contributed by atoms with Gasteiger partial charge in [0.25, 0.3) is 0 Å². The summed E-state index contributed by atoms with van der Waals surface area (Å²) in [5.74, 6) is 0. The third-order valence-electron chi connectivity index (χ3n) is 4.65. The summed E-state index contributed by atoms with van der Waals surface area (Å²) >= 11 is 0. The molecule has 0 spiro atoms. The van der Waals surface area contributed by atoms with Gasteiger partial charge in [0.15, 0.2) is 0 Å². The molecule has 0 saturated carbocycles. The lowest BCUT2D eigenvalue weighted by molar-refractivity contribution is 0.119. The van der Waals surface area contributed by atoms with Crippen LogP contribution in [0.15, 0.2) is 30.3 Å². The highest BCUT2D eigenvalue weighted by atomic mass is 15.2. The van der Waals surface area contributed by atoms with Gasteiger partial charge in [-0.3, -0.25) is 4.90 Å². The van der Waals surface area contributed by atoms with Gasteiger partial charge in [0.05, 0.1) is 0 Å². The smallest absolute Gasteiger partial charge is 0.0304 e. The van der Waals surface area contributed by atoms with E-state index in [1.54, 1.807) is 0 Å². The summed E-state index contributed by atoms with van der Waals surface area (Å²) in [6.45, 7) is 7.07. The first kappa shape index (κ1) is 14.5. The van der Waals surface area contributed by atoms with Crippen molar-refractivity contribution in [1.29, 1.82) is 0 Å². The lowest BCUT2D eigenvalue weighted by Crippen LogP contribution is -2.55. The maximum Gasteiger partial charge on any atom is 0.0304 e. The summed E-state index contributed by atoms with van der Waals surface area (Å²) in [7, 11) is 0. The highest BCUT2D eigenvalue weighted by molar-refractivity contribution is 5.14. The maximum atomic E-state index is 6.45. The van der Waals surface area contributed by atoms with Crippen molar-refractivity contribution >= 4 is 0 Å². The minimum atomic E-state index is 0.146. The van der Waals surface area contributed by atoms with Gasteiger partial charge in [-0.05, 0) is 64.6 Å². The molecule has 2 nitrogen and oxygen atoms in total. The average molecular weight is 260 g/mol. The lowest BCUT2D eigenvalue weighted by atomic mass is 9.89. The van der Waals surface area contributed by atoms with E-state index in [4.69, 9.17) is 5.73 Å². The van der Waals surface area contributed by atoms with Crippen molar-refractivity contribution in [3.63, 3.8) is 0 Å². The van der Waals surface area contributed by atoms with E-state index in [0.29, 0.717) is 0 Å².